The Balaban J connectivity index is 2.18. The number of nitrogens with two attached hydrogens (primary N) is 1. The van der Waals surface area contributed by atoms with Crippen LogP contribution in [0.1, 0.15) is 51.6 Å². The predicted molar refractivity (Wildman–Crippen MR) is 82.2 cm³/mol. The van der Waals surface area contributed by atoms with E-state index in [4.69, 9.17) is 15.2 Å². The maximum atomic E-state index is 6.27. The second-order valence-corrected chi connectivity index (χ2v) is 6.35. The maximum absolute atomic E-state index is 6.27. The van der Waals surface area contributed by atoms with E-state index in [1.54, 1.807) is 7.11 Å². The summed E-state index contributed by atoms with van der Waals surface area (Å²) in [6, 6.07) is 5.88. The lowest BCUT2D eigenvalue weighted by Gasteiger charge is -2.32. The monoisotopic (exact) mass is 277 g/mol. The smallest absolute Gasteiger partial charge is 0.128 e. The molecule has 0 spiro atoms. The first-order valence-electron chi connectivity index (χ1n) is 7.59. The van der Waals surface area contributed by atoms with Crippen molar-refractivity contribution in [1.82, 2.24) is 0 Å². The van der Waals surface area contributed by atoms with Crippen LogP contribution in [0.5, 0.6) is 11.5 Å². The zero-order chi connectivity index (χ0) is 14.7. The average molecular weight is 277 g/mol. The second kappa shape index (κ2) is 6.49. The van der Waals surface area contributed by atoms with E-state index in [9.17, 15) is 0 Å². The summed E-state index contributed by atoms with van der Waals surface area (Å²) in [5, 5.41) is 0. The average Bonchev–Trinajstić information content (AvgIpc) is 2.37. The molecular weight excluding hydrogens is 250 g/mol. The second-order valence-electron chi connectivity index (χ2n) is 6.35. The third kappa shape index (κ3) is 3.66. The van der Waals surface area contributed by atoms with Gasteiger partial charge in [0.15, 0.2) is 0 Å². The molecule has 0 aromatic heterocycles. The Morgan fingerprint density at radius 1 is 1.15 bits per heavy atom. The zero-order valence-electron chi connectivity index (χ0n) is 13.1. The molecule has 3 atom stereocenters. The van der Waals surface area contributed by atoms with Crippen LogP contribution in [0, 0.1) is 11.8 Å². The van der Waals surface area contributed by atoms with Crippen molar-refractivity contribution in [3.63, 3.8) is 0 Å². The fourth-order valence-corrected chi connectivity index (χ4v) is 3.27. The van der Waals surface area contributed by atoms with Crippen LogP contribution in [0.4, 0.5) is 0 Å². The Bertz CT molecular complexity index is 435. The van der Waals surface area contributed by atoms with Crippen LogP contribution >= 0.6 is 0 Å². The minimum Gasteiger partial charge on any atom is -0.497 e. The highest BCUT2D eigenvalue weighted by molar-refractivity contribution is 5.42. The molecular formula is C17H27NO2. The van der Waals surface area contributed by atoms with Gasteiger partial charge in [-0.3, -0.25) is 0 Å². The molecule has 1 aliphatic rings. The number of hydrogen-bond acceptors (Lipinski definition) is 3. The Kier molecular flexibility index (Phi) is 4.92. The van der Waals surface area contributed by atoms with Crippen molar-refractivity contribution in [3.05, 3.63) is 23.8 Å². The van der Waals surface area contributed by atoms with Crippen molar-refractivity contribution < 1.29 is 9.47 Å². The molecule has 3 nitrogen and oxygen atoms in total. The van der Waals surface area contributed by atoms with Crippen molar-refractivity contribution in [1.29, 1.82) is 0 Å². The van der Waals surface area contributed by atoms with Gasteiger partial charge in [0, 0.05) is 17.7 Å². The van der Waals surface area contributed by atoms with Crippen molar-refractivity contribution in [3.8, 4) is 11.5 Å². The minimum absolute atomic E-state index is 0.0330. The molecule has 0 amide bonds. The lowest BCUT2D eigenvalue weighted by molar-refractivity contribution is 0.0995. The van der Waals surface area contributed by atoms with Gasteiger partial charge < -0.3 is 15.2 Å². The SMILES string of the molecule is COc1ccc([C@@H](C)N)c(OC2CC(C)CC(C)C2)c1. The number of benzene rings is 1. The fraction of sp³-hybridized carbons (Fsp3) is 0.647. The lowest BCUT2D eigenvalue weighted by Crippen LogP contribution is -2.29. The standard InChI is InChI=1S/C17H27NO2/c1-11-7-12(2)9-15(8-11)20-17-10-14(19-4)5-6-16(17)13(3)18/h5-6,10-13,15H,7-9,18H2,1-4H3/t11?,12?,13-,15?/m1/s1. The third-order valence-electron chi connectivity index (χ3n) is 4.14. The molecule has 1 aromatic carbocycles. The summed E-state index contributed by atoms with van der Waals surface area (Å²) < 4.78 is 11.6. The summed E-state index contributed by atoms with van der Waals surface area (Å²) in [4.78, 5) is 0. The number of ether oxygens (including phenoxy) is 2. The molecule has 0 aliphatic heterocycles. The van der Waals surface area contributed by atoms with Gasteiger partial charge in [-0.15, -0.1) is 0 Å². The van der Waals surface area contributed by atoms with Crippen molar-refractivity contribution in [2.24, 2.45) is 17.6 Å². The third-order valence-corrected chi connectivity index (χ3v) is 4.14. The highest BCUT2D eigenvalue weighted by atomic mass is 16.5. The molecule has 1 aliphatic carbocycles. The highest BCUT2D eigenvalue weighted by Crippen LogP contribution is 2.35. The van der Waals surface area contributed by atoms with Gasteiger partial charge in [-0.05, 0) is 44.1 Å². The van der Waals surface area contributed by atoms with Crippen LogP contribution in [0.2, 0.25) is 0 Å². The number of hydrogen-bond donors (Lipinski definition) is 1. The van der Waals surface area contributed by atoms with Crippen LogP contribution in [0.25, 0.3) is 0 Å². The Morgan fingerprint density at radius 2 is 1.80 bits per heavy atom. The van der Waals surface area contributed by atoms with E-state index in [1.807, 2.05) is 25.1 Å². The van der Waals surface area contributed by atoms with Gasteiger partial charge in [0.2, 0.25) is 0 Å². The molecule has 2 rings (SSSR count). The van der Waals surface area contributed by atoms with Crippen LogP contribution in [0.3, 0.4) is 0 Å². The summed E-state index contributed by atoms with van der Waals surface area (Å²) >= 11 is 0. The van der Waals surface area contributed by atoms with Gasteiger partial charge in [0.25, 0.3) is 0 Å². The summed E-state index contributed by atoms with van der Waals surface area (Å²) in [5.41, 5.74) is 7.10. The molecule has 20 heavy (non-hydrogen) atoms. The molecule has 0 radical (unpaired) electrons. The molecule has 2 unspecified atom stereocenters. The normalized spacial score (nSPS) is 27.9. The molecule has 1 saturated carbocycles. The quantitative estimate of drug-likeness (QED) is 0.907. The molecule has 0 heterocycles. The van der Waals surface area contributed by atoms with E-state index >= 15 is 0 Å². The summed E-state index contributed by atoms with van der Waals surface area (Å²) in [7, 11) is 1.68. The van der Waals surface area contributed by atoms with E-state index in [1.165, 1.54) is 6.42 Å². The molecule has 0 saturated heterocycles. The van der Waals surface area contributed by atoms with E-state index in [0.717, 1.165) is 41.7 Å². The largest absolute Gasteiger partial charge is 0.497 e. The van der Waals surface area contributed by atoms with Crippen LogP contribution in [0.15, 0.2) is 18.2 Å². The molecule has 0 bridgehead atoms. The zero-order valence-corrected chi connectivity index (χ0v) is 13.1. The van der Waals surface area contributed by atoms with E-state index in [-0.39, 0.29) is 6.04 Å². The highest BCUT2D eigenvalue weighted by Gasteiger charge is 2.26. The van der Waals surface area contributed by atoms with Crippen LogP contribution in [-0.2, 0) is 0 Å². The van der Waals surface area contributed by atoms with Gasteiger partial charge in [0.05, 0.1) is 13.2 Å². The van der Waals surface area contributed by atoms with Gasteiger partial charge in [-0.2, -0.15) is 0 Å². The number of rotatable bonds is 4. The van der Waals surface area contributed by atoms with Crippen molar-refractivity contribution in [2.75, 3.05) is 7.11 Å². The number of methoxy groups -OCH3 is 1. The maximum Gasteiger partial charge on any atom is 0.128 e. The van der Waals surface area contributed by atoms with Crippen LogP contribution in [-0.4, -0.2) is 13.2 Å². The molecule has 3 heteroatoms. The topological polar surface area (TPSA) is 44.5 Å². The first-order chi connectivity index (χ1) is 9.49. The molecule has 2 N–H and O–H groups in total. The lowest BCUT2D eigenvalue weighted by atomic mass is 9.82. The molecule has 1 aromatic rings. The van der Waals surface area contributed by atoms with Gasteiger partial charge in [-0.25, -0.2) is 0 Å². The van der Waals surface area contributed by atoms with Gasteiger partial charge >= 0.3 is 0 Å². The predicted octanol–water partition coefficient (Wildman–Crippen LogP) is 3.92. The van der Waals surface area contributed by atoms with Crippen molar-refractivity contribution in [2.45, 2.75) is 52.2 Å². The first kappa shape index (κ1) is 15.2. The molecule has 1 fully saturated rings. The summed E-state index contributed by atoms with van der Waals surface area (Å²) in [6.07, 6.45) is 3.84. The minimum atomic E-state index is -0.0330. The summed E-state index contributed by atoms with van der Waals surface area (Å²) in [6.45, 7) is 6.61. The van der Waals surface area contributed by atoms with E-state index in [0.29, 0.717) is 6.10 Å². The first-order valence-corrected chi connectivity index (χ1v) is 7.59. The Morgan fingerprint density at radius 3 is 2.35 bits per heavy atom. The Hall–Kier alpha value is -1.22. The summed E-state index contributed by atoms with van der Waals surface area (Å²) in [5.74, 6) is 3.16. The molecule has 112 valence electrons. The van der Waals surface area contributed by atoms with Gasteiger partial charge in [0.1, 0.15) is 11.5 Å². The van der Waals surface area contributed by atoms with Crippen LogP contribution < -0.4 is 15.2 Å². The van der Waals surface area contributed by atoms with E-state index < -0.39 is 0 Å². The Labute approximate surface area is 122 Å². The van der Waals surface area contributed by atoms with Crippen molar-refractivity contribution >= 4 is 0 Å². The van der Waals surface area contributed by atoms with E-state index in [2.05, 4.69) is 13.8 Å². The fourth-order valence-electron chi connectivity index (χ4n) is 3.27. The van der Waals surface area contributed by atoms with Gasteiger partial charge in [-0.1, -0.05) is 19.9 Å².